The zero-order chi connectivity index (χ0) is 32.0. The van der Waals surface area contributed by atoms with E-state index in [1.807, 2.05) is 4.90 Å². The maximum atomic E-state index is 13.7. The Balaban J connectivity index is 1.06. The molecule has 0 radical (unpaired) electrons. The SMILES string of the molecule is C#CCn1cc(-c2cnc(C(=O)Nc3ccc(C(=O)N[C@H]4[C@@H]5CN(C(=O)N[C@H]6CCNC6)C[C@@H]54)c(C)c3)n2C)c(C(F)(F)F)n1. The molecule has 1 aromatic carbocycles. The monoisotopic (exact) mass is 623 g/mol. The van der Waals surface area contributed by atoms with Crippen LogP contribution in [0.4, 0.5) is 23.7 Å². The molecule has 3 fully saturated rings. The van der Waals surface area contributed by atoms with Crippen molar-refractivity contribution in [2.24, 2.45) is 18.9 Å². The molecule has 6 rings (SSSR count). The molecular formula is C30H32F3N9O3. The van der Waals surface area contributed by atoms with E-state index in [0.717, 1.165) is 24.2 Å². The summed E-state index contributed by atoms with van der Waals surface area (Å²) < 4.78 is 43.2. The van der Waals surface area contributed by atoms with Crippen molar-refractivity contribution in [2.75, 3.05) is 31.5 Å². The van der Waals surface area contributed by atoms with Gasteiger partial charge in [0.1, 0.15) is 6.54 Å². The highest BCUT2D eigenvalue weighted by molar-refractivity contribution is 6.03. The average molecular weight is 624 g/mol. The first-order chi connectivity index (χ1) is 21.4. The predicted molar refractivity (Wildman–Crippen MR) is 157 cm³/mol. The van der Waals surface area contributed by atoms with E-state index in [1.165, 1.54) is 24.0 Å². The van der Waals surface area contributed by atoms with Crippen molar-refractivity contribution in [2.45, 2.75) is 38.1 Å². The molecule has 4 amide bonds. The van der Waals surface area contributed by atoms with E-state index in [-0.39, 0.29) is 59.5 Å². The van der Waals surface area contributed by atoms with Gasteiger partial charge in [0.25, 0.3) is 11.8 Å². The van der Waals surface area contributed by atoms with E-state index in [4.69, 9.17) is 6.42 Å². The van der Waals surface area contributed by atoms with E-state index >= 15 is 0 Å². The summed E-state index contributed by atoms with van der Waals surface area (Å²) in [5.41, 5.74) is 0.114. The number of rotatable bonds is 7. The number of nitrogens with one attached hydrogen (secondary N) is 4. The molecule has 0 bridgehead atoms. The van der Waals surface area contributed by atoms with Crippen molar-refractivity contribution in [1.82, 2.24) is 40.2 Å². The van der Waals surface area contributed by atoms with E-state index in [9.17, 15) is 27.6 Å². The fraction of sp³-hybridized carbons (Fsp3) is 0.433. The summed E-state index contributed by atoms with van der Waals surface area (Å²) in [6.45, 7) is 4.48. The van der Waals surface area contributed by atoms with Crippen LogP contribution in [0.25, 0.3) is 11.3 Å². The van der Waals surface area contributed by atoms with Crippen molar-refractivity contribution in [3.05, 3.63) is 53.2 Å². The third kappa shape index (κ3) is 5.97. The number of carbonyl (C=O) groups is 3. The van der Waals surface area contributed by atoms with Crippen LogP contribution in [-0.2, 0) is 19.8 Å². The lowest BCUT2D eigenvalue weighted by Crippen LogP contribution is -2.46. The summed E-state index contributed by atoms with van der Waals surface area (Å²) in [6, 6.07) is 4.92. The number of hydrogen-bond donors (Lipinski definition) is 4. The number of alkyl halides is 3. The molecule has 3 aliphatic rings. The molecule has 1 saturated carbocycles. The smallest absolute Gasteiger partial charge is 0.349 e. The maximum absolute atomic E-state index is 13.7. The second-order valence-corrected chi connectivity index (χ2v) is 11.7. The summed E-state index contributed by atoms with van der Waals surface area (Å²) >= 11 is 0. The minimum Gasteiger partial charge on any atom is -0.349 e. The van der Waals surface area contributed by atoms with Gasteiger partial charge in [0.05, 0.1) is 17.5 Å². The topological polar surface area (TPSA) is 138 Å². The number of imidazole rings is 1. The first-order valence-electron chi connectivity index (χ1n) is 14.5. The Morgan fingerprint density at radius 1 is 1.16 bits per heavy atom. The number of aryl methyl sites for hydroxylation is 1. The largest absolute Gasteiger partial charge is 0.435 e. The van der Waals surface area contributed by atoms with Crippen LogP contribution in [0.3, 0.4) is 0 Å². The predicted octanol–water partition coefficient (Wildman–Crippen LogP) is 2.23. The molecule has 3 aromatic rings. The Bertz CT molecular complexity index is 1690. The summed E-state index contributed by atoms with van der Waals surface area (Å²) in [4.78, 5) is 44.5. The fourth-order valence-electron chi connectivity index (χ4n) is 6.23. The number of nitrogens with zero attached hydrogens (tertiary/aromatic N) is 5. The Kier molecular flexibility index (Phi) is 7.77. The molecule has 236 valence electrons. The highest BCUT2D eigenvalue weighted by Crippen LogP contribution is 2.45. The number of piperidine rings is 1. The molecule has 0 unspecified atom stereocenters. The normalized spacial score (nSPS) is 22.1. The molecule has 15 heteroatoms. The molecule has 45 heavy (non-hydrogen) atoms. The van der Waals surface area contributed by atoms with Crippen LogP contribution in [0, 0.1) is 31.1 Å². The van der Waals surface area contributed by atoms with Gasteiger partial charge in [0.15, 0.2) is 11.5 Å². The summed E-state index contributed by atoms with van der Waals surface area (Å²) in [7, 11) is 1.43. The second kappa shape index (κ2) is 11.6. The quantitative estimate of drug-likeness (QED) is 0.298. The van der Waals surface area contributed by atoms with E-state index in [2.05, 4.69) is 37.3 Å². The van der Waals surface area contributed by atoms with Gasteiger partial charge in [-0.15, -0.1) is 6.42 Å². The van der Waals surface area contributed by atoms with Crippen LogP contribution in [0.2, 0.25) is 0 Å². The molecule has 12 nitrogen and oxygen atoms in total. The van der Waals surface area contributed by atoms with Crippen LogP contribution in [0.1, 0.15) is 38.7 Å². The Morgan fingerprint density at radius 2 is 1.91 bits per heavy atom. The van der Waals surface area contributed by atoms with Crippen LogP contribution < -0.4 is 21.3 Å². The average Bonchev–Trinajstić information content (AvgIpc) is 3.59. The number of terminal acetylenes is 1. The number of halogens is 3. The number of urea groups is 1. The standard InChI is InChI=1S/C30H32F3N9O3/c1-4-9-42-15-22(25(39-42)30(31,32)33)23-12-35-26(40(23)3)28(44)36-17-5-6-19(16(2)10-17)27(43)38-24-20-13-41(14-21(20)24)29(45)37-18-7-8-34-11-18/h1,5-6,10,12,15,18,20-21,24,34H,7-9,11,13-14H2,2-3H3,(H,36,44)(H,37,45)(H,38,43)/t18-,20-,21+,24+/m0/s1. The van der Waals surface area contributed by atoms with Crippen molar-refractivity contribution >= 4 is 23.5 Å². The first-order valence-corrected chi connectivity index (χ1v) is 14.5. The van der Waals surface area contributed by atoms with E-state index in [1.54, 1.807) is 25.1 Å². The maximum Gasteiger partial charge on any atom is 0.435 e. The molecule has 1 aliphatic carbocycles. The van der Waals surface area contributed by atoms with Crippen LogP contribution in [0.5, 0.6) is 0 Å². The van der Waals surface area contributed by atoms with Gasteiger partial charge in [-0.05, 0) is 43.7 Å². The first kappa shape index (κ1) is 30.2. The lowest BCUT2D eigenvalue weighted by Gasteiger charge is -2.23. The number of carbonyl (C=O) groups excluding carboxylic acids is 3. The molecule has 4 heterocycles. The fourth-order valence-corrected chi connectivity index (χ4v) is 6.23. The number of fused-ring (bicyclic) bond motifs is 1. The van der Waals surface area contributed by atoms with Gasteiger partial charge in [0.2, 0.25) is 0 Å². The third-order valence-electron chi connectivity index (χ3n) is 8.65. The Hall–Kier alpha value is -4.84. The minimum atomic E-state index is -4.74. The van der Waals surface area contributed by atoms with Crippen LogP contribution >= 0.6 is 0 Å². The highest BCUT2D eigenvalue weighted by Gasteiger charge is 2.57. The number of likely N-dealkylation sites (tertiary alicyclic amines) is 1. The number of anilines is 1. The summed E-state index contributed by atoms with van der Waals surface area (Å²) in [5.74, 6) is 1.69. The van der Waals surface area contributed by atoms with Crippen molar-refractivity contribution in [3.8, 4) is 23.6 Å². The van der Waals surface area contributed by atoms with Gasteiger partial charge in [-0.25, -0.2) is 9.78 Å². The molecule has 2 aliphatic heterocycles. The molecule has 2 saturated heterocycles. The van der Waals surface area contributed by atoms with Crippen LogP contribution in [-0.4, -0.2) is 80.3 Å². The lowest BCUT2D eigenvalue weighted by molar-refractivity contribution is -0.141. The second-order valence-electron chi connectivity index (χ2n) is 11.7. The van der Waals surface area contributed by atoms with E-state index in [0.29, 0.717) is 29.9 Å². The highest BCUT2D eigenvalue weighted by atomic mass is 19.4. The Morgan fingerprint density at radius 3 is 2.56 bits per heavy atom. The van der Waals surface area contributed by atoms with E-state index < -0.39 is 17.8 Å². The van der Waals surface area contributed by atoms with Crippen LogP contribution in [0.15, 0.2) is 30.6 Å². The van der Waals surface area contributed by atoms with Gasteiger partial charge in [-0.3, -0.25) is 14.3 Å². The summed E-state index contributed by atoms with van der Waals surface area (Å²) in [6.07, 6.45) is 3.75. The molecule has 0 spiro atoms. The van der Waals surface area contributed by atoms with Gasteiger partial charge in [-0.1, -0.05) is 5.92 Å². The van der Waals surface area contributed by atoms with Crippen molar-refractivity contribution in [1.29, 1.82) is 0 Å². The zero-order valence-electron chi connectivity index (χ0n) is 24.6. The van der Waals surface area contributed by atoms with Gasteiger partial charge in [-0.2, -0.15) is 18.3 Å². The molecular weight excluding hydrogens is 591 g/mol. The third-order valence-corrected chi connectivity index (χ3v) is 8.65. The van der Waals surface area contributed by atoms with Crippen molar-refractivity contribution in [3.63, 3.8) is 0 Å². The number of amides is 4. The van der Waals surface area contributed by atoms with Gasteiger partial charge < -0.3 is 30.7 Å². The minimum absolute atomic E-state index is 0.00243. The van der Waals surface area contributed by atoms with Crippen molar-refractivity contribution < 1.29 is 27.6 Å². The Labute approximate surface area is 256 Å². The molecule has 2 aromatic heterocycles. The number of benzene rings is 1. The number of hydrogen-bond acceptors (Lipinski definition) is 6. The zero-order valence-corrected chi connectivity index (χ0v) is 24.6. The number of aromatic nitrogens is 4. The molecule has 4 N–H and O–H groups in total. The lowest BCUT2D eigenvalue weighted by atomic mass is 10.1. The molecule has 4 atom stereocenters. The van der Waals surface area contributed by atoms with Gasteiger partial charge >= 0.3 is 12.2 Å². The van der Waals surface area contributed by atoms with Gasteiger partial charge in [0, 0.05) is 68.0 Å². The summed E-state index contributed by atoms with van der Waals surface area (Å²) in [5, 5.41) is 15.6.